The van der Waals surface area contributed by atoms with Gasteiger partial charge in [0.2, 0.25) is 5.91 Å². The SMILES string of the molecule is O=C(N1CCCC(C2OCCO2)C1)C1(c2cccc(F)c2)CCCCC1. The van der Waals surface area contributed by atoms with Gasteiger partial charge in [0.15, 0.2) is 6.29 Å². The summed E-state index contributed by atoms with van der Waals surface area (Å²) in [6.45, 7) is 2.74. The van der Waals surface area contributed by atoms with Gasteiger partial charge in [-0.1, -0.05) is 31.4 Å². The van der Waals surface area contributed by atoms with E-state index >= 15 is 0 Å². The van der Waals surface area contributed by atoms with Crippen molar-refractivity contribution in [1.29, 1.82) is 0 Å². The molecule has 1 atom stereocenters. The maximum Gasteiger partial charge on any atom is 0.233 e. The molecule has 0 aromatic heterocycles. The molecule has 4 nitrogen and oxygen atoms in total. The molecule has 0 N–H and O–H groups in total. The summed E-state index contributed by atoms with van der Waals surface area (Å²) >= 11 is 0. The summed E-state index contributed by atoms with van der Waals surface area (Å²) < 4.78 is 25.3. The van der Waals surface area contributed by atoms with Crippen LogP contribution in [0.1, 0.15) is 50.5 Å². The maximum atomic E-state index is 13.9. The molecule has 0 radical (unpaired) electrons. The number of likely N-dealkylation sites (tertiary alicyclic amines) is 1. The molecular weight excluding hydrogens is 333 g/mol. The van der Waals surface area contributed by atoms with E-state index in [1.54, 1.807) is 12.1 Å². The minimum atomic E-state index is -0.570. The van der Waals surface area contributed by atoms with Crippen LogP contribution in [0.25, 0.3) is 0 Å². The maximum absolute atomic E-state index is 13.9. The third-order valence-electron chi connectivity index (χ3n) is 6.27. The average Bonchev–Trinajstić information content (AvgIpc) is 3.23. The van der Waals surface area contributed by atoms with Crippen LogP contribution in [0.3, 0.4) is 0 Å². The summed E-state index contributed by atoms with van der Waals surface area (Å²) in [5, 5.41) is 0. The topological polar surface area (TPSA) is 38.8 Å². The third-order valence-corrected chi connectivity index (χ3v) is 6.27. The number of benzene rings is 1. The highest BCUT2D eigenvalue weighted by Gasteiger charge is 2.45. The zero-order valence-corrected chi connectivity index (χ0v) is 15.3. The molecule has 1 unspecified atom stereocenters. The highest BCUT2D eigenvalue weighted by molar-refractivity contribution is 5.88. The molecule has 0 bridgehead atoms. The van der Waals surface area contributed by atoms with Crippen molar-refractivity contribution in [1.82, 2.24) is 4.90 Å². The van der Waals surface area contributed by atoms with Gasteiger partial charge in [-0.3, -0.25) is 4.79 Å². The summed E-state index contributed by atoms with van der Waals surface area (Å²) in [6.07, 6.45) is 6.64. The normalized spacial score (nSPS) is 26.8. The van der Waals surface area contributed by atoms with Crippen molar-refractivity contribution < 1.29 is 18.7 Å². The van der Waals surface area contributed by atoms with E-state index in [2.05, 4.69) is 0 Å². The van der Waals surface area contributed by atoms with Gasteiger partial charge >= 0.3 is 0 Å². The Morgan fingerprint density at radius 2 is 1.88 bits per heavy atom. The van der Waals surface area contributed by atoms with Crippen LogP contribution in [0.15, 0.2) is 24.3 Å². The molecular formula is C21H28FNO3. The molecule has 1 amide bonds. The van der Waals surface area contributed by atoms with Gasteiger partial charge in [0.05, 0.1) is 18.6 Å². The molecule has 142 valence electrons. The molecule has 3 aliphatic rings. The Labute approximate surface area is 154 Å². The molecule has 3 fully saturated rings. The van der Waals surface area contributed by atoms with Gasteiger partial charge in [-0.25, -0.2) is 4.39 Å². The summed E-state index contributed by atoms with van der Waals surface area (Å²) in [4.78, 5) is 15.7. The Hall–Kier alpha value is -1.46. The fourth-order valence-electron chi connectivity index (χ4n) is 4.94. The van der Waals surface area contributed by atoms with E-state index < -0.39 is 5.41 Å². The highest BCUT2D eigenvalue weighted by atomic mass is 19.1. The lowest BCUT2D eigenvalue weighted by Gasteiger charge is -2.43. The molecule has 1 aromatic carbocycles. The minimum Gasteiger partial charge on any atom is -0.350 e. The monoisotopic (exact) mass is 361 g/mol. The van der Waals surface area contributed by atoms with Gasteiger partial charge in [-0.15, -0.1) is 0 Å². The van der Waals surface area contributed by atoms with E-state index in [-0.39, 0.29) is 23.9 Å². The first kappa shape index (κ1) is 17.9. The Bertz CT molecular complexity index is 638. The van der Waals surface area contributed by atoms with Crippen LogP contribution in [0.2, 0.25) is 0 Å². The standard InChI is InChI=1S/C21H28FNO3/c22-18-8-4-7-17(14-18)21(9-2-1-3-10-21)20(24)23-11-5-6-16(15-23)19-25-12-13-26-19/h4,7-8,14,16,19H,1-3,5-6,9-13,15H2. The summed E-state index contributed by atoms with van der Waals surface area (Å²) in [7, 11) is 0. The number of nitrogens with zero attached hydrogens (tertiary/aromatic N) is 1. The second-order valence-corrected chi connectivity index (χ2v) is 7.92. The predicted molar refractivity (Wildman–Crippen MR) is 96.2 cm³/mol. The van der Waals surface area contributed by atoms with E-state index in [1.165, 1.54) is 6.07 Å². The number of hydrogen-bond donors (Lipinski definition) is 0. The average molecular weight is 361 g/mol. The summed E-state index contributed by atoms with van der Waals surface area (Å²) in [6, 6.07) is 6.68. The first-order chi connectivity index (χ1) is 12.7. The van der Waals surface area contributed by atoms with Crippen molar-refractivity contribution in [2.45, 2.75) is 56.7 Å². The zero-order chi connectivity index (χ0) is 18.0. The number of ether oxygens (including phenoxy) is 2. The van der Waals surface area contributed by atoms with Gasteiger partial charge in [0.25, 0.3) is 0 Å². The number of halogens is 1. The second kappa shape index (κ2) is 7.65. The lowest BCUT2D eigenvalue weighted by atomic mass is 9.68. The Kier molecular flexibility index (Phi) is 5.28. The van der Waals surface area contributed by atoms with E-state index in [9.17, 15) is 9.18 Å². The number of rotatable bonds is 3. The van der Waals surface area contributed by atoms with Crippen LogP contribution in [0.4, 0.5) is 4.39 Å². The Morgan fingerprint density at radius 1 is 1.12 bits per heavy atom. The van der Waals surface area contributed by atoms with Crippen molar-refractivity contribution in [3.63, 3.8) is 0 Å². The quantitative estimate of drug-likeness (QED) is 0.825. The van der Waals surface area contributed by atoms with Gasteiger partial charge in [-0.2, -0.15) is 0 Å². The van der Waals surface area contributed by atoms with Crippen molar-refractivity contribution >= 4 is 5.91 Å². The van der Waals surface area contributed by atoms with Gasteiger partial charge in [0, 0.05) is 19.0 Å². The smallest absolute Gasteiger partial charge is 0.233 e. The summed E-state index contributed by atoms with van der Waals surface area (Å²) in [5.74, 6) is 0.151. The fraction of sp³-hybridized carbons (Fsp3) is 0.667. The number of amides is 1. The van der Waals surface area contributed by atoms with Crippen molar-refractivity contribution in [3.05, 3.63) is 35.6 Å². The second-order valence-electron chi connectivity index (χ2n) is 7.92. The molecule has 2 aliphatic heterocycles. The van der Waals surface area contributed by atoms with Crippen LogP contribution >= 0.6 is 0 Å². The van der Waals surface area contributed by atoms with Crippen molar-refractivity contribution in [3.8, 4) is 0 Å². The highest BCUT2D eigenvalue weighted by Crippen LogP contribution is 2.42. The first-order valence-corrected chi connectivity index (χ1v) is 9.98. The molecule has 2 heterocycles. The van der Waals surface area contributed by atoms with Crippen molar-refractivity contribution in [2.75, 3.05) is 26.3 Å². The predicted octanol–water partition coefficient (Wildman–Crippen LogP) is 3.64. The van der Waals surface area contributed by atoms with E-state index in [4.69, 9.17) is 9.47 Å². The Balaban J connectivity index is 1.58. The molecule has 26 heavy (non-hydrogen) atoms. The lowest BCUT2D eigenvalue weighted by molar-refractivity contribution is -0.146. The van der Waals surface area contributed by atoms with Crippen molar-refractivity contribution in [2.24, 2.45) is 5.92 Å². The molecule has 1 saturated carbocycles. The van der Waals surface area contributed by atoms with Crippen LogP contribution in [-0.4, -0.2) is 43.4 Å². The van der Waals surface area contributed by atoms with Crippen LogP contribution in [0.5, 0.6) is 0 Å². The minimum absolute atomic E-state index is 0.172. The largest absolute Gasteiger partial charge is 0.350 e. The van der Waals surface area contributed by atoms with Crippen LogP contribution in [-0.2, 0) is 19.7 Å². The van der Waals surface area contributed by atoms with Crippen LogP contribution < -0.4 is 0 Å². The van der Waals surface area contributed by atoms with E-state index in [1.807, 2.05) is 11.0 Å². The zero-order valence-electron chi connectivity index (χ0n) is 15.3. The van der Waals surface area contributed by atoms with Gasteiger partial charge in [0.1, 0.15) is 5.82 Å². The molecule has 0 spiro atoms. The molecule has 4 rings (SSSR count). The van der Waals surface area contributed by atoms with E-state index in [0.29, 0.717) is 19.8 Å². The van der Waals surface area contributed by atoms with E-state index in [0.717, 1.165) is 57.1 Å². The lowest BCUT2D eigenvalue weighted by Crippen LogP contribution is -2.52. The molecule has 1 aliphatic carbocycles. The third kappa shape index (κ3) is 3.39. The Morgan fingerprint density at radius 3 is 2.62 bits per heavy atom. The fourth-order valence-corrected chi connectivity index (χ4v) is 4.94. The molecule has 1 aromatic rings. The molecule has 5 heteroatoms. The summed E-state index contributed by atoms with van der Waals surface area (Å²) in [5.41, 5.74) is 0.275. The molecule has 2 saturated heterocycles. The number of carbonyl (C=O) groups excluding carboxylic acids is 1. The van der Waals surface area contributed by atoms with Gasteiger partial charge in [-0.05, 0) is 43.4 Å². The number of hydrogen-bond acceptors (Lipinski definition) is 3. The van der Waals surface area contributed by atoms with Gasteiger partial charge < -0.3 is 14.4 Å². The number of piperidine rings is 1. The number of carbonyl (C=O) groups is 1. The first-order valence-electron chi connectivity index (χ1n) is 9.98. The van der Waals surface area contributed by atoms with Crippen LogP contribution in [0, 0.1) is 11.7 Å².